The zero-order valence-electron chi connectivity index (χ0n) is 11.9. The van der Waals surface area contributed by atoms with Gasteiger partial charge in [0.2, 0.25) is 0 Å². The molecule has 0 aliphatic heterocycles. The van der Waals surface area contributed by atoms with Crippen LogP contribution < -0.4 is 5.32 Å². The minimum Gasteiger partial charge on any atom is -0.391 e. The predicted octanol–water partition coefficient (Wildman–Crippen LogP) is 2.00. The summed E-state index contributed by atoms with van der Waals surface area (Å²) in [6.07, 6.45) is 0.319. The Labute approximate surface area is 118 Å². The van der Waals surface area contributed by atoms with Crippen LogP contribution in [0.15, 0.2) is 0 Å². The van der Waals surface area contributed by atoms with Crippen molar-refractivity contribution in [3.63, 3.8) is 0 Å². The van der Waals surface area contributed by atoms with Crippen molar-refractivity contribution in [1.82, 2.24) is 15.1 Å². The molecule has 0 fully saturated rings. The number of hydrogen-bond donors (Lipinski definition) is 2. The summed E-state index contributed by atoms with van der Waals surface area (Å²) in [5.41, 5.74) is 0.988. The minimum atomic E-state index is -0.547. The Morgan fingerprint density at radius 2 is 2.16 bits per heavy atom. The van der Waals surface area contributed by atoms with E-state index in [1.807, 2.05) is 20.8 Å². The number of nitrogens with one attached hydrogen (secondary N) is 1. The molecule has 1 rings (SSSR count). The van der Waals surface area contributed by atoms with Crippen LogP contribution in [0.25, 0.3) is 0 Å². The van der Waals surface area contributed by atoms with Crippen LogP contribution in [-0.2, 0) is 6.54 Å². The normalized spacial score (nSPS) is 14.2. The molecule has 0 aliphatic carbocycles. The lowest BCUT2D eigenvalue weighted by Crippen LogP contribution is -2.35. The molecule has 1 amide bonds. The molecule has 19 heavy (non-hydrogen) atoms. The molecule has 1 heterocycles. The van der Waals surface area contributed by atoms with Crippen molar-refractivity contribution in [2.24, 2.45) is 5.92 Å². The van der Waals surface area contributed by atoms with Gasteiger partial charge < -0.3 is 10.4 Å². The first-order valence-electron chi connectivity index (χ1n) is 6.61. The Kier molecular flexibility index (Phi) is 5.82. The molecule has 2 N–H and O–H groups in total. The Balaban J connectivity index is 2.71. The third-order valence-corrected chi connectivity index (χ3v) is 3.75. The lowest BCUT2D eigenvalue weighted by atomic mass is 10.0. The molecule has 108 valence electrons. The van der Waals surface area contributed by atoms with Crippen molar-refractivity contribution in [3.8, 4) is 0 Å². The maximum Gasteiger partial charge on any atom is 0.256 e. The van der Waals surface area contributed by atoms with Gasteiger partial charge in [-0.05, 0) is 19.8 Å². The molecule has 0 aliphatic rings. The molecular formula is C13H22ClN3O2. The molecule has 0 aromatic carbocycles. The number of hydrogen-bond acceptors (Lipinski definition) is 3. The van der Waals surface area contributed by atoms with Crippen LogP contribution in [0.4, 0.5) is 0 Å². The van der Waals surface area contributed by atoms with Crippen molar-refractivity contribution in [3.05, 3.63) is 16.4 Å². The van der Waals surface area contributed by atoms with E-state index in [2.05, 4.69) is 10.4 Å². The Bertz CT molecular complexity index is 445. The third-order valence-electron chi connectivity index (χ3n) is 3.36. The average molecular weight is 288 g/mol. The van der Waals surface area contributed by atoms with Crippen LogP contribution in [-0.4, -0.2) is 33.4 Å². The second-order valence-electron chi connectivity index (χ2n) is 4.73. The van der Waals surface area contributed by atoms with E-state index < -0.39 is 6.10 Å². The van der Waals surface area contributed by atoms with Crippen LogP contribution in [0.2, 0.25) is 5.15 Å². The number of aromatic nitrogens is 2. The predicted molar refractivity (Wildman–Crippen MR) is 75.4 cm³/mol. The SMILES string of the molecule is CCC(C)C(O)CNC(=O)c1c(C)nn(CC)c1Cl. The summed E-state index contributed by atoms with van der Waals surface area (Å²) in [5.74, 6) is -0.139. The zero-order valence-corrected chi connectivity index (χ0v) is 12.7. The summed E-state index contributed by atoms with van der Waals surface area (Å²) in [4.78, 5) is 12.1. The number of amides is 1. The minimum absolute atomic E-state index is 0.148. The van der Waals surface area contributed by atoms with Crippen molar-refractivity contribution < 1.29 is 9.90 Å². The summed E-state index contributed by atoms with van der Waals surface area (Å²) in [7, 11) is 0. The largest absolute Gasteiger partial charge is 0.391 e. The lowest BCUT2D eigenvalue weighted by molar-refractivity contribution is 0.0849. The van der Waals surface area contributed by atoms with Gasteiger partial charge in [0, 0.05) is 13.1 Å². The Morgan fingerprint density at radius 3 is 2.63 bits per heavy atom. The lowest BCUT2D eigenvalue weighted by Gasteiger charge is -2.17. The Hall–Kier alpha value is -1.07. The van der Waals surface area contributed by atoms with Crippen molar-refractivity contribution >= 4 is 17.5 Å². The van der Waals surface area contributed by atoms with E-state index in [0.29, 0.717) is 23.0 Å². The molecule has 6 heteroatoms. The van der Waals surface area contributed by atoms with E-state index in [1.165, 1.54) is 0 Å². The van der Waals surface area contributed by atoms with Gasteiger partial charge in [-0.3, -0.25) is 9.48 Å². The van der Waals surface area contributed by atoms with Crippen LogP contribution in [0.1, 0.15) is 43.2 Å². The van der Waals surface area contributed by atoms with Gasteiger partial charge in [0.1, 0.15) is 5.15 Å². The van der Waals surface area contributed by atoms with Crippen molar-refractivity contribution in [2.75, 3.05) is 6.54 Å². The highest BCUT2D eigenvalue weighted by atomic mass is 35.5. The van der Waals surface area contributed by atoms with Gasteiger partial charge in [0.05, 0.1) is 17.4 Å². The molecule has 1 aromatic heterocycles. The first kappa shape index (κ1) is 16.0. The summed E-state index contributed by atoms with van der Waals surface area (Å²) < 4.78 is 1.58. The highest BCUT2D eigenvalue weighted by molar-refractivity contribution is 6.33. The Morgan fingerprint density at radius 1 is 1.53 bits per heavy atom. The topological polar surface area (TPSA) is 67.2 Å². The molecule has 0 saturated carbocycles. The molecule has 0 saturated heterocycles. The van der Waals surface area contributed by atoms with Gasteiger partial charge >= 0.3 is 0 Å². The number of aliphatic hydroxyl groups is 1. The van der Waals surface area contributed by atoms with E-state index in [9.17, 15) is 9.90 Å². The highest BCUT2D eigenvalue weighted by Crippen LogP contribution is 2.19. The number of aryl methyl sites for hydroxylation is 2. The van der Waals surface area contributed by atoms with Gasteiger partial charge in [-0.1, -0.05) is 31.9 Å². The van der Waals surface area contributed by atoms with Crippen LogP contribution >= 0.6 is 11.6 Å². The number of halogens is 1. The molecular weight excluding hydrogens is 266 g/mol. The van der Waals surface area contributed by atoms with Crippen molar-refractivity contribution in [2.45, 2.75) is 46.8 Å². The smallest absolute Gasteiger partial charge is 0.256 e. The summed E-state index contributed by atoms with van der Waals surface area (Å²) in [6.45, 7) is 8.44. The maximum absolute atomic E-state index is 12.1. The molecule has 2 atom stereocenters. The van der Waals surface area contributed by atoms with Gasteiger partial charge in [0.25, 0.3) is 5.91 Å². The first-order chi connectivity index (χ1) is 8.92. The summed E-state index contributed by atoms with van der Waals surface area (Å²) in [6, 6.07) is 0. The molecule has 0 radical (unpaired) electrons. The van der Waals surface area contributed by atoms with E-state index in [1.54, 1.807) is 11.6 Å². The van der Waals surface area contributed by atoms with Crippen LogP contribution in [0.3, 0.4) is 0 Å². The fourth-order valence-electron chi connectivity index (χ4n) is 1.78. The van der Waals surface area contributed by atoms with Crippen LogP contribution in [0.5, 0.6) is 0 Å². The van der Waals surface area contributed by atoms with E-state index in [4.69, 9.17) is 11.6 Å². The van der Waals surface area contributed by atoms with Gasteiger partial charge in [0.15, 0.2) is 0 Å². The van der Waals surface area contributed by atoms with E-state index >= 15 is 0 Å². The number of aliphatic hydroxyl groups excluding tert-OH is 1. The molecule has 2 unspecified atom stereocenters. The number of carbonyl (C=O) groups excluding carboxylic acids is 1. The first-order valence-corrected chi connectivity index (χ1v) is 6.99. The quantitative estimate of drug-likeness (QED) is 0.841. The molecule has 5 nitrogen and oxygen atoms in total. The summed E-state index contributed by atoms with van der Waals surface area (Å²) >= 11 is 6.11. The van der Waals surface area contributed by atoms with Gasteiger partial charge in [-0.2, -0.15) is 5.10 Å². The second-order valence-corrected chi connectivity index (χ2v) is 5.09. The number of carbonyl (C=O) groups is 1. The van der Waals surface area contributed by atoms with E-state index in [-0.39, 0.29) is 18.4 Å². The van der Waals surface area contributed by atoms with Crippen molar-refractivity contribution in [1.29, 1.82) is 0 Å². The molecule has 0 bridgehead atoms. The number of nitrogens with zero attached hydrogens (tertiary/aromatic N) is 2. The highest BCUT2D eigenvalue weighted by Gasteiger charge is 2.21. The van der Waals surface area contributed by atoms with Crippen LogP contribution in [0, 0.1) is 12.8 Å². The monoisotopic (exact) mass is 287 g/mol. The van der Waals surface area contributed by atoms with Gasteiger partial charge in [-0.25, -0.2) is 0 Å². The maximum atomic E-state index is 12.1. The standard InChI is InChI=1S/C13H22ClN3O2/c1-5-8(3)10(18)7-15-13(19)11-9(4)16-17(6-2)12(11)14/h8,10,18H,5-7H2,1-4H3,(H,15,19). The fraction of sp³-hybridized carbons (Fsp3) is 0.692. The average Bonchev–Trinajstić information content (AvgIpc) is 2.69. The third kappa shape index (κ3) is 3.70. The second kappa shape index (κ2) is 6.91. The molecule has 1 aromatic rings. The van der Waals surface area contributed by atoms with Gasteiger partial charge in [-0.15, -0.1) is 0 Å². The molecule has 0 spiro atoms. The summed E-state index contributed by atoms with van der Waals surface area (Å²) in [5, 5.41) is 17.1. The zero-order chi connectivity index (χ0) is 14.6. The number of rotatable bonds is 6. The van der Waals surface area contributed by atoms with E-state index in [0.717, 1.165) is 6.42 Å². The fourth-order valence-corrected chi connectivity index (χ4v) is 2.16.